The molecule has 6 heteroatoms. The van der Waals surface area contributed by atoms with Crippen molar-refractivity contribution in [1.82, 2.24) is 4.90 Å². The molecule has 2 saturated heterocycles. The van der Waals surface area contributed by atoms with E-state index in [4.69, 9.17) is 11.6 Å². The number of rotatable bonds is 2. The van der Waals surface area contributed by atoms with Crippen molar-refractivity contribution in [3.05, 3.63) is 28.8 Å². The summed E-state index contributed by atoms with van der Waals surface area (Å²) in [6, 6.07) is 5.00. The standard InChI is InChI=1S/C15H17ClN2O2S/c1-9-3-4-10(16)7-11(9)17-14(20)12-8-21-15(2)6-5-13(19)18(12)15/h3-4,7,12H,5-6,8H2,1-2H3,(H,17,20). The van der Waals surface area contributed by atoms with E-state index in [1.54, 1.807) is 28.8 Å². The molecular weight excluding hydrogens is 308 g/mol. The van der Waals surface area contributed by atoms with Gasteiger partial charge in [-0.2, -0.15) is 0 Å². The molecule has 21 heavy (non-hydrogen) atoms. The van der Waals surface area contributed by atoms with E-state index in [0.717, 1.165) is 12.0 Å². The summed E-state index contributed by atoms with van der Waals surface area (Å²) in [5.41, 5.74) is 1.66. The second-order valence-corrected chi connectivity index (χ2v) is 7.65. The van der Waals surface area contributed by atoms with Gasteiger partial charge in [0.05, 0.1) is 4.87 Å². The first-order valence-corrected chi connectivity index (χ1v) is 8.30. The van der Waals surface area contributed by atoms with Gasteiger partial charge in [-0.25, -0.2) is 0 Å². The fourth-order valence-electron chi connectivity index (χ4n) is 2.96. The van der Waals surface area contributed by atoms with Gasteiger partial charge in [0, 0.05) is 22.9 Å². The lowest BCUT2D eigenvalue weighted by atomic mass is 10.1. The van der Waals surface area contributed by atoms with Gasteiger partial charge in [-0.15, -0.1) is 11.8 Å². The fourth-order valence-corrected chi connectivity index (χ4v) is 4.56. The number of aryl methyl sites for hydroxylation is 1. The summed E-state index contributed by atoms with van der Waals surface area (Å²) in [7, 11) is 0. The van der Waals surface area contributed by atoms with E-state index in [9.17, 15) is 9.59 Å². The minimum Gasteiger partial charge on any atom is -0.324 e. The SMILES string of the molecule is Cc1ccc(Cl)cc1NC(=O)C1CSC2(C)CCC(=O)N12. The zero-order chi connectivity index (χ0) is 15.2. The van der Waals surface area contributed by atoms with Crippen molar-refractivity contribution in [3.63, 3.8) is 0 Å². The highest BCUT2D eigenvalue weighted by molar-refractivity contribution is 8.01. The van der Waals surface area contributed by atoms with Crippen LogP contribution in [-0.4, -0.2) is 33.4 Å². The lowest BCUT2D eigenvalue weighted by Gasteiger charge is -2.30. The first-order valence-electron chi connectivity index (χ1n) is 6.94. The molecule has 0 saturated carbocycles. The van der Waals surface area contributed by atoms with Crippen molar-refractivity contribution in [2.24, 2.45) is 0 Å². The maximum absolute atomic E-state index is 12.5. The summed E-state index contributed by atoms with van der Waals surface area (Å²) in [6.07, 6.45) is 1.35. The molecule has 3 rings (SSSR count). The van der Waals surface area contributed by atoms with Gasteiger partial charge in [-0.05, 0) is 38.0 Å². The van der Waals surface area contributed by atoms with Crippen LogP contribution in [0.15, 0.2) is 18.2 Å². The van der Waals surface area contributed by atoms with Crippen molar-refractivity contribution < 1.29 is 9.59 Å². The van der Waals surface area contributed by atoms with Gasteiger partial charge in [0.1, 0.15) is 6.04 Å². The van der Waals surface area contributed by atoms with Crippen LogP contribution in [0.5, 0.6) is 0 Å². The van der Waals surface area contributed by atoms with Crippen molar-refractivity contribution in [1.29, 1.82) is 0 Å². The minimum absolute atomic E-state index is 0.0745. The molecule has 1 aromatic rings. The van der Waals surface area contributed by atoms with Crippen molar-refractivity contribution in [2.75, 3.05) is 11.1 Å². The van der Waals surface area contributed by atoms with Crippen LogP contribution in [0.4, 0.5) is 5.69 Å². The Morgan fingerprint density at radius 2 is 2.29 bits per heavy atom. The van der Waals surface area contributed by atoms with Crippen LogP contribution in [0.3, 0.4) is 0 Å². The number of fused-ring (bicyclic) bond motifs is 1. The number of anilines is 1. The van der Waals surface area contributed by atoms with Crippen LogP contribution in [0.1, 0.15) is 25.3 Å². The van der Waals surface area contributed by atoms with Gasteiger partial charge in [0.2, 0.25) is 11.8 Å². The highest BCUT2D eigenvalue weighted by Crippen LogP contribution is 2.47. The molecule has 0 aromatic heterocycles. The minimum atomic E-state index is -0.395. The Balaban J connectivity index is 1.80. The van der Waals surface area contributed by atoms with E-state index < -0.39 is 6.04 Å². The first kappa shape index (κ1) is 14.7. The molecule has 2 atom stereocenters. The number of thioether (sulfide) groups is 1. The van der Waals surface area contributed by atoms with E-state index in [1.165, 1.54) is 0 Å². The topological polar surface area (TPSA) is 49.4 Å². The lowest BCUT2D eigenvalue weighted by molar-refractivity contribution is -0.135. The summed E-state index contributed by atoms with van der Waals surface area (Å²) in [5, 5.41) is 3.49. The van der Waals surface area contributed by atoms with Crippen LogP contribution >= 0.6 is 23.4 Å². The number of nitrogens with zero attached hydrogens (tertiary/aromatic N) is 1. The number of carbonyl (C=O) groups is 2. The molecular formula is C15H17ClN2O2S. The third-order valence-electron chi connectivity index (χ3n) is 4.20. The zero-order valence-corrected chi connectivity index (χ0v) is 13.6. The summed E-state index contributed by atoms with van der Waals surface area (Å²) >= 11 is 7.67. The molecule has 0 bridgehead atoms. The monoisotopic (exact) mass is 324 g/mol. The van der Waals surface area contributed by atoms with E-state index in [2.05, 4.69) is 5.32 Å². The molecule has 0 spiro atoms. The maximum atomic E-state index is 12.5. The van der Waals surface area contributed by atoms with Crippen LogP contribution in [0.2, 0.25) is 5.02 Å². The number of hydrogen-bond acceptors (Lipinski definition) is 3. The largest absolute Gasteiger partial charge is 0.324 e. The fraction of sp³-hybridized carbons (Fsp3) is 0.467. The van der Waals surface area contributed by atoms with Crippen molar-refractivity contribution >= 4 is 40.9 Å². The van der Waals surface area contributed by atoms with E-state index in [1.807, 2.05) is 19.9 Å². The number of carbonyl (C=O) groups excluding carboxylic acids is 2. The normalized spacial score (nSPS) is 27.9. The number of halogens is 1. The summed E-state index contributed by atoms with van der Waals surface area (Å²) in [5.74, 6) is 0.588. The quantitative estimate of drug-likeness (QED) is 0.909. The predicted octanol–water partition coefficient (Wildman–Crippen LogP) is 3.04. The summed E-state index contributed by atoms with van der Waals surface area (Å²) in [6.45, 7) is 3.96. The number of nitrogens with one attached hydrogen (secondary N) is 1. The average molecular weight is 325 g/mol. The molecule has 2 aliphatic rings. The Morgan fingerprint density at radius 3 is 3.05 bits per heavy atom. The molecule has 0 aliphatic carbocycles. The Hall–Kier alpha value is -1.20. The molecule has 2 heterocycles. The second-order valence-electron chi connectivity index (χ2n) is 5.71. The summed E-state index contributed by atoms with van der Waals surface area (Å²) < 4.78 is 0. The van der Waals surface area contributed by atoms with Crippen LogP contribution < -0.4 is 5.32 Å². The van der Waals surface area contributed by atoms with E-state index in [0.29, 0.717) is 22.9 Å². The van der Waals surface area contributed by atoms with Crippen molar-refractivity contribution in [3.8, 4) is 0 Å². The Kier molecular flexibility index (Phi) is 3.66. The number of amides is 2. The Morgan fingerprint density at radius 1 is 1.52 bits per heavy atom. The molecule has 4 nitrogen and oxygen atoms in total. The van der Waals surface area contributed by atoms with Gasteiger partial charge in [-0.1, -0.05) is 17.7 Å². The number of hydrogen-bond donors (Lipinski definition) is 1. The third-order valence-corrected chi connectivity index (χ3v) is 5.95. The summed E-state index contributed by atoms with van der Waals surface area (Å²) in [4.78, 5) is 26.1. The van der Waals surface area contributed by atoms with Crippen molar-refractivity contribution in [2.45, 2.75) is 37.6 Å². The first-order chi connectivity index (χ1) is 9.90. The highest BCUT2D eigenvalue weighted by Gasteiger charge is 2.52. The Bertz CT molecular complexity index is 622. The average Bonchev–Trinajstić information content (AvgIpc) is 2.91. The van der Waals surface area contributed by atoms with Crippen LogP contribution in [0.25, 0.3) is 0 Å². The van der Waals surface area contributed by atoms with E-state index in [-0.39, 0.29) is 16.7 Å². The highest BCUT2D eigenvalue weighted by atomic mass is 35.5. The van der Waals surface area contributed by atoms with Gasteiger partial charge in [0.15, 0.2) is 0 Å². The zero-order valence-electron chi connectivity index (χ0n) is 12.0. The third kappa shape index (κ3) is 2.53. The van der Waals surface area contributed by atoms with Gasteiger partial charge < -0.3 is 10.2 Å². The predicted molar refractivity (Wildman–Crippen MR) is 85.5 cm³/mol. The number of benzene rings is 1. The smallest absolute Gasteiger partial charge is 0.248 e. The molecule has 2 unspecified atom stereocenters. The molecule has 112 valence electrons. The second kappa shape index (κ2) is 5.21. The van der Waals surface area contributed by atoms with Gasteiger partial charge in [-0.3, -0.25) is 9.59 Å². The van der Waals surface area contributed by atoms with Crippen LogP contribution in [-0.2, 0) is 9.59 Å². The molecule has 1 N–H and O–H groups in total. The van der Waals surface area contributed by atoms with Gasteiger partial charge in [0.25, 0.3) is 0 Å². The van der Waals surface area contributed by atoms with Crippen LogP contribution in [0, 0.1) is 6.92 Å². The van der Waals surface area contributed by atoms with E-state index >= 15 is 0 Å². The Labute approximate surface area is 133 Å². The molecule has 2 amide bonds. The molecule has 2 fully saturated rings. The van der Waals surface area contributed by atoms with Gasteiger partial charge >= 0.3 is 0 Å². The maximum Gasteiger partial charge on any atom is 0.248 e. The molecule has 1 aromatic carbocycles. The molecule has 0 radical (unpaired) electrons. The molecule has 2 aliphatic heterocycles. The lowest BCUT2D eigenvalue weighted by Crippen LogP contribution is -2.48.